The van der Waals surface area contributed by atoms with E-state index in [0.29, 0.717) is 19.4 Å². The fourth-order valence-corrected chi connectivity index (χ4v) is 2.84. The molecule has 1 aromatic heterocycles. The molecule has 0 radical (unpaired) electrons. The van der Waals surface area contributed by atoms with Crippen molar-refractivity contribution in [3.05, 3.63) is 76.9 Å². The molecule has 1 unspecified atom stereocenters. The highest BCUT2D eigenvalue weighted by atomic mass is 16.6. The molecule has 1 amide bonds. The van der Waals surface area contributed by atoms with Crippen LogP contribution >= 0.6 is 0 Å². The predicted molar refractivity (Wildman–Crippen MR) is 109 cm³/mol. The summed E-state index contributed by atoms with van der Waals surface area (Å²) in [5.41, 5.74) is 2.75. The maximum absolute atomic E-state index is 12.2. The van der Waals surface area contributed by atoms with E-state index in [1.54, 1.807) is 23.1 Å². The first-order valence-corrected chi connectivity index (χ1v) is 9.25. The highest BCUT2D eigenvalue weighted by Crippen LogP contribution is 2.16. The summed E-state index contributed by atoms with van der Waals surface area (Å²) in [6, 6.07) is 13.9. The number of rotatable bonds is 9. The lowest BCUT2D eigenvalue weighted by atomic mass is 10.1. The molecule has 3 rings (SSSR count). The van der Waals surface area contributed by atoms with Crippen molar-refractivity contribution in [3.8, 4) is 5.69 Å². The van der Waals surface area contributed by atoms with Crippen molar-refractivity contribution in [1.82, 2.24) is 20.1 Å². The first-order valence-electron chi connectivity index (χ1n) is 9.25. The third kappa shape index (κ3) is 5.61. The molecule has 9 nitrogen and oxygen atoms in total. The smallest absolute Gasteiger partial charge is 0.269 e. The van der Waals surface area contributed by atoms with E-state index in [4.69, 9.17) is 0 Å². The van der Waals surface area contributed by atoms with Crippen LogP contribution in [-0.4, -0.2) is 32.1 Å². The minimum atomic E-state index is -0.433. The van der Waals surface area contributed by atoms with E-state index < -0.39 is 4.92 Å². The summed E-state index contributed by atoms with van der Waals surface area (Å²) in [6.45, 7) is 2.55. The molecular weight excluding hydrogens is 372 g/mol. The van der Waals surface area contributed by atoms with Crippen LogP contribution in [0.3, 0.4) is 0 Å². The molecule has 2 N–H and O–H groups in total. The summed E-state index contributed by atoms with van der Waals surface area (Å²) in [6.07, 6.45) is 4.15. The maximum Gasteiger partial charge on any atom is 0.269 e. The van der Waals surface area contributed by atoms with Gasteiger partial charge in [0.15, 0.2) is 0 Å². The van der Waals surface area contributed by atoms with Crippen molar-refractivity contribution in [2.75, 3.05) is 11.9 Å². The molecule has 1 heterocycles. The van der Waals surface area contributed by atoms with Gasteiger partial charge in [-0.2, -0.15) is 5.10 Å². The number of carbonyl (C=O) groups is 1. The number of nitro groups is 1. The number of benzene rings is 2. The largest absolute Gasteiger partial charge is 0.385 e. The van der Waals surface area contributed by atoms with Gasteiger partial charge in [0.25, 0.3) is 5.69 Å². The molecule has 2 aromatic carbocycles. The normalized spacial score (nSPS) is 11.6. The SMILES string of the molecule is CC(NC(=O)CCCNc1ccc([N+](=O)[O-])cc1)c1ccc(-n2cncn2)cc1. The molecule has 150 valence electrons. The molecule has 9 heteroatoms. The van der Waals surface area contributed by atoms with Gasteiger partial charge in [-0.05, 0) is 43.2 Å². The molecule has 0 aliphatic rings. The van der Waals surface area contributed by atoms with E-state index in [0.717, 1.165) is 16.9 Å². The molecule has 3 aromatic rings. The number of carbonyl (C=O) groups excluding carboxylic acids is 1. The van der Waals surface area contributed by atoms with Gasteiger partial charge in [-0.25, -0.2) is 9.67 Å². The number of nitrogens with zero attached hydrogens (tertiary/aromatic N) is 4. The van der Waals surface area contributed by atoms with Crippen LogP contribution < -0.4 is 10.6 Å². The Hall–Kier alpha value is -3.75. The molecule has 0 bridgehead atoms. The second-order valence-corrected chi connectivity index (χ2v) is 6.56. The Labute approximate surface area is 167 Å². The van der Waals surface area contributed by atoms with Crippen LogP contribution in [0.5, 0.6) is 0 Å². The lowest BCUT2D eigenvalue weighted by molar-refractivity contribution is -0.384. The fourth-order valence-electron chi connectivity index (χ4n) is 2.84. The van der Waals surface area contributed by atoms with Gasteiger partial charge in [0.2, 0.25) is 5.91 Å². The standard InChI is InChI=1S/C20H22N6O3/c1-15(16-4-8-18(9-5-16)25-14-21-13-23-25)24-20(27)3-2-12-22-17-6-10-19(11-7-17)26(28)29/h4-11,13-15,22H,2-3,12H2,1H3,(H,24,27). The Morgan fingerprint density at radius 3 is 2.52 bits per heavy atom. The number of hydrogen-bond donors (Lipinski definition) is 2. The van der Waals surface area contributed by atoms with Gasteiger partial charge in [0.05, 0.1) is 16.7 Å². The molecule has 1 atom stereocenters. The second kappa shape index (κ2) is 9.45. The summed E-state index contributed by atoms with van der Waals surface area (Å²) in [5.74, 6) is -0.0247. The average molecular weight is 394 g/mol. The number of aromatic nitrogens is 3. The van der Waals surface area contributed by atoms with E-state index in [2.05, 4.69) is 20.7 Å². The second-order valence-electron chi connectivity index (χ2n) is 6.56. The lowest BCUT2D eigenvalue weighted by Gasteiger charge is -2.15. The van der Waals surface area contributed by atoms with E-state index in [9.17, 15) is 14.9 Å². The van der Waals surface area contributed by atoms with Crippen molar-refractivity contribution >= 4 is 17.3 Å². The quantitative estimate of drug-likeness (QED) is 0.327. The topological polar surface area (TPSA) is 115 Å². The van der Waals surface area contributed by atoms with Crippen LogP contribution in [0.25, 0.3) is 5.69 Å². The minimum absolute atomic E-state index is 0.0247. The predicted octanol–water partition coefficient (Wildman–Crippen LogP) is 3.25. The molecule has 0 saturated heterocycles. The summed E-state index contributed by atoms with van der Waals surface area (Å²) in [5, 5.41) is 20.9. The van der Waals surface area contributed by atoms with Gasteiger partial charge in [0, 0.05) is 30.8 Å². The highest BCUT2D eigenvalue weighted by Gasteiger charge is 2.10. The Morgan fingerprint density at radius 2 is 1.90 bits per heavy atom. The van der Waals surface area contributed by atoms with E-state index in [1.165, 1.54) is 18.5 Å². The van der Waals surface area contributed by atoms with Crippen LogP contribution in [0.1, 0.15) is 31.4 Å². The van der Waals surface area contributed by atoms with Gasteiger partial charge < -0.3 is 10.6 Å². The van der Waals surface area contributed by atoms with Crippen LogP contribution in [-0.2, 0) is 4.79 Å². The Bertz CT molecular complexity index is 939. The summed E-state index contributed by atoms with van der Waals surface area (Å²) in [7, 11) is 0. The monoisotopic (exact) mass is 394 g/mol. The Balaban J connectivity index is 1.40. The summed E-state index contributed by atoms with van der Waals surface area (Å²) in [4.78, 5) is 26.3. The molecule has 0 aliphatic carbocycles. The third-order valence-electron chi connectivity index (χ3n) is 4.44. The van der Waals surface area contributed by atoms with Crippen molar-refractivity contribution in [2.45, 2.75) is 25.8 Å². The van der Waals surface area contributed by atoms with Crippen LogP contribution in [0.2, 0.25) is 0 Å². The molecule has 0 saturated carbocycles. The first kappa shape index (κ1) is 20.0. The minimum Gasteiger partial charge on any atom is -0.385 e. The number of nitrogens with one attached hydrogen (secondary N) is 2. The van der Waals surface area contributed by atoms with E-state index >= 15 is 0 Å². The molecular formula is C20H22N6O3. The maximum atomic E-state index is 12.2. The molecule has 0 fully saturated rings. The van der Waals surface area contributed by atoms with E-state index in [-0.39, 0.29) is 17.6 Å². The zero-order chi connectivity index (χ0) is 20.6. The first-order chi connectivity index (χ1) is 14.0. The van der Waals surface area contributed by atoms with Gasteiger partial charge >= 0.3 is 0 Å². The van der Waals surface area contributed by atoms with Crippen molar-refractivity contribution < 1.29 is 9.72 Å². The van der Waals surface area contributed by atoms with Gasteiger partial charge in [0.1, 0.15) is 12.7 Å². The van der Waals surface area contributed by atoms with Gasteiger partial charge in [-0.15, -0.1) is 0 Å². The number of hydrogen-bond acceptors (Lipinski definition) is 6. The lowest BCUT2D eigenvalue weighted by Crippen LogP contribution is -2.26. The Kier molecular flexibility index (Phi) is 6.51. The number of amides is 1. The van der Waals surface area contributed by atoms with Crippen molar-refractivity contribution in [2.24, 2.45) is 0 Å². The van der Waals surface area contributed by atoms with Crippen LogP contribution in [0.15, 0.2) is 61.2 Å². The number of anilines is 1. The molecule has 0 spiro atoms. The summed E-state index contributed by atoms with van der Waals surface area (Å²) >= 11 is 0. The Morgan fingerprint density at radius 1 is 1.17 bits per heavy atom. The molecule has 29 heavy (non-hydrogen) atoms. The van der Waals surface area contributed by atoms with Gasteiger partial charge in [-0.3, -0.25) is 14.9 Å². The molecule has 0 aliphatic heterocycles. The van der Waals surface area contributed by atoms with Crippen LogP contribution in [0.4, 0.5) is 11.4 Å². The highest BCUT2D eigenvalue weighted by molar-refractivity contribution is 5.76. The number of nitro benzene ring substituents is 1. The summed E-state index contributed by atoms with van der Waals surface area (Å²) < 4.78 is 1.67. The van der Waals surface area contributed by atoms with Crippen molar-refractivity contribution in [3.63, 3.8) is 0 Å². The van der Waals surface area contributed by atoms with Crippen molar-refractivity contribution in [1.29, 1.82) is 0 Å². The third-order valence-corrected chi connectivity index (χ3v) is 4.44. The van der Waals surface area contributed by atoms with Crippen LogP contribution in [0, 0.1) is 10.1 Å². The zero-order valence-corrected chi connectivity index (χ0v) is 16.0. The number of non-ortho nitro benzene ring substituents is 1. The van der Waals surface area contributed by atoms with Gasteiger partial charge in [-0.1, -0.05) is 12.1 Å². The van der Waals surface area contributed by atoms with E-state index in [1.807, 2.05) is 31.2 Å². The fraction of sp³-hybridized carbons (Fsp3) is 0.250. The average Bonchev–Trinajstić information content (AvgIpc) is 3.26. The zero-order valence-electron chi connectivity index (χ0n) is 16.0.